The molecule has 8 heteroatoms. The first-order chi connectivity index (χ1) is 15.5. The molecule has 0 radical (unpaired) electrons. The molecule has 2 aromatic rings. The third-order valence-corrected chi connectivity index (χ3v) is 6.47. The van der Waals surface area contributed by atoms with Crippen LogP contribution in [-0.2, 0) is 14.8 Å². The van der Waals surface area contributed by atoms with Gasteiger partial charge in [0.1, 0.15) is 11.5 Å². The van der Waals surface area contributed by atoms with Crippen LogP contribution in [0.5, 0.6) is 11.5 Å². The molecule has 2 aromatic carbocycles. The number of amides is 1. The van der Waals surface area contributed by atoms with E-state index in [9.17, 15) is 13.2 Å². The van der Waals surface area contributed by atoms with Crippen LogP contribution in [0.3, 0.4) is 0 Å². The maximum Gasteiger partial charge on any atom is 0.261 e. The summed E-state index contributed by atoms with van der Waals surface area (Å²) in [5.74, 6) is 0.900. The Morgan fingerprint density at radius 3 is 2.31 bits per heavy atom. The zero-order valence-electron chi connectivity index (χ0n) is 18.3. The van der Waals surface area contributed by atoms with Crippen molar-refractivity contribution in [2.45, 2.75) is 43.9 Å². The monoisotopic (exact) mass is 458 g/mol. The van der Waals surface area contributed by atoms with Crippen LogP contribution in [0.1, 0.15) is 39.0 Å². The van der Waals surface area contributed by atoms with Gasteiger partial charge in [-0.25, -0.2) is 8.42 Å². The van der Waals surface area contributed by atoms with E-state index in [2.05, 4.69) is 16.1 Å². The van der Waals surface area contributed by atoms with Crippen molar-refractivity contribution in [3.05, 3.63) is 60.2 Å². The van der Waals surface area contributed by atoms with E-state index in [-0.39, 0.29) is 17.4 Å². The molecule has 1 amide bonds. The smallest absolute Gasteiger partial charge is 0.261 e. The molecule has 0 unspecified atom stereocenters. The van der Waals surface area contributed by atoms with Crippen molar-refractivity contribution in [1.29, 1.82) is 0 Å². The van der Waals surface area contributed by atoms with Crippen molar-refractivity contribution in [2.75, 3.05) is 24.5 Å². The first kappa shape index (κ1) is 23.7. The Labute approximate surface area is 189 Å². The van der Waals surface area contributed by atoms with Gasteiger partial charge < -0.3 is 14.8 Å². The number of nitrogens with one attached hydrogen (secondary N) is 2. The van der Waals surface area contributed by atoms with E-state index < -0.39 is 10.0 Å². The van der Waals surface area contributed by atoms with Crippen LogP contribution >= 0.6 is 0 Å². The van der Waals surface area contributed by atoms with Crippen molar-refractivity contribution < 1.29 is 22.7 Å². The summed E-state index contributed by atoms with van der Waals surface area (Å²) < 4.78 is 38.5. The summed E-state index contributed by atoms with van der Waals surface area (Å²) in [5.41, 5.74) is 1.85. The van der Waals surface area contributed by atoms with Crippen molar-refractivity contribution >= 4 is 21.6 Å². The molecule has 172 valence electrons. The van der Waals surface area contributed by atoms with Crippen LogP contribution in [0, 0.1) is 0 Å². The number of hydrogen-bond donors (Lipinski definition) is 2. The fourth-order valence-electron chi connectivity index (χ4n) is 3.41. The van der Waals surface area contributed by atoms with E-state index in [1.165, 1.54) is 42.7 Å². The minimum Gasteiger partial charge on any atom is -0.494 e. The van der Waals surface area contributed by atoms with Gasteiger partial charge in [-0.1, -0.05) is 11.6 Å². The Morgan fingerprint density at radius 1 is 0.969 bits per heavy atom. The first-order valence-electron chi connectivity index (χ1n) is 10.9. The largest absolute Gasteiger partial charge is 0.494 e. The molecule has 0 saturated carbocycles. The van der Waals surface area contributed by atoms with E-state index in [1.807, 2.05) is 6.92 Å². The van der Waals surface area contributed by atoms with Gasteiger partial charge in [0.15, 0.2) is 6.61 Å². The molecule has 1 aliphatic rings. The maximum absolute atomic E-state index is 12.6. The quantitative estimate of drug-likeness (QED) is 0.491. The lowest BCUT2D eigenvalue weighted by molar-refractivity contribution is -0.123. The summed E-state index contributed by atoms with van der Waals surface area (Å²) in [6, 6.07) is 12.6. The Hall–Kier alpha value is -3.00. The third-order valence-electron chi connectivity index (χ3n) is 5.07. The van der Waals surface area contributed by atoms with Gasteiger partial charge in [-0.05, 0) is 87.6 Å². The van der Waals surface area contributed by atoms with Gasteiger partial charge in [0, 0.05) is 12.2 Å². The van der Waals surface area contributed by atoms with E-state index in [0.717, 1.165) is 19.3 Å². The van der Waals surface area contributed by atoms with E-state index in [1.54, 1.807) is 24.3 Å². The molecule has 0 fully saturated rings. The van der Waals surface area contributed by atoms with Crippen LogP contribution < -0.4 is 19.5 Å². The lowest BCUT2D eigenvalue weighted by Crippen LogP contribution is -2.30. The minimum atomic E-state index is -3.74. The van der Waals surface area contributed by atoms with Crippen LogP contribution in [-0.4, -0.2) is 34.1 Å². The van der Waals surface area contributed by atoms with Crippen molar-refractivity contribution in [2.24, 2.45) is 0 Å². The topological polar surface area (TPSA) is 93.7 Å². The summed E-state index contributed by atoms with van der Waals surface area (Å²) in [4.78, 5) is 12.1. The zero-order chi connectivity index (χ0) is 22.8. The number of sulfonamides is 1. The molecule has 0 bridgehead atoms. The molecular weight excluding hydrogens is 428 g/mol. The van der Waals surface area contributed by atoms with Crippen LogP contribution in [0.25, 0.3) is 0 Å². The fourth-order valence-corrected chi connectivity index (χ4v) is 4.47. The molecule has 0 saturated heterocycles. The number of benzene rings is 2. The molecule has 0 atom stereocenters. The van der Waals surface area contributed by atoms with Gasteiger partial charge in [-0.15, -0.1) is 0 Å². The minimum absolute atomic E-state index is 0.101. The molecule has 0 aliphatic heterocycles. The van der Waals surface area contributed by atoms with Gasteiger partial charge in [-0.2, -0.15) is 0 Å². The molecular formula is C24H30N2O5S. The summed E-state index contributed by atoms with van der Waals surface area (Å²) in [5, 5.41) is 2.86. The predicted octanol–water partition coefficient (Wildman–Crippen LogP) is 4.27. The number of hydrogen-bond acceptors (Lipinski definition) is 5. The average Bonchev–Trinajstić information content (AvgIpc) is 2.80. The second kappa shape index (κ2) is 11.6. The van der Waals surface area contributed by atoms with E-state index >= 15 is 0 Å². The third kappa shape index (κ3) is 7.30. The Morgan fingerprint density at radius 2 is 1.66 bits per heavy atom. The second-order valence-corrected chi connectivity index (χ2v) is 9.21. The molecule has 32 heavy (non-hydrogen) atoms. The van der Waals surface area contributed by atoms with E-state index in [4.69, 9.17) is 9.47 Å². The maximum atomic E-state index is 12.6. The van der Waals surface area contributed by atoms with Gasteiger partial charge >= 0.3 is 0 Å². The number of rotatable bonds is 11. The average molecular weight is 459 g/mol. The normalized spacial score (nSPS) is 13.7. The van der Waals surface area contributed by atoms with Gasteiger partial charge in [0.2, 0.25) is 0 Å². The zero-order valence-corrected chi connectivity index (χ0v) is 19.1. The van der Waals surface area contributed by atoms with Gasteiger partial charge in [-0.3, -0.25) is 9.52 Å². The molecule has 0 heterocycles. The van der Waals surface area contributed by atoms with Gasteiger partial charge in [0.05, 0.1) is 11.5 Å². The predicted molar refractivity (Wildman–Crippen MR) is 125 cm³/mol. The lowest BCUT2D eigenvalue weighted by Gasteiger charge is -2.13. The standard InChI is InChI=1S/C24H30N2O5S/c1-2-30-21-10-8-20(9-11-21)26-32(28,29)23-14-12-22(13-15-23)31-18-24(27)25-17-16-19-6-4-3-5-7-19/h6,8-15,26H,2-5,7,16-18H2,1H3,(H,25,27). The number of ether oxygens (including phenoxy) is 2. The molecule has 1 aliphatic carbocycles. The van der Waals surface area contributed by atoms with Gasteiger partial charge in [0.25, 0.3) is 15.9 Å². The molecule has 0 spiro atoms. The number of anilines is 1. The Bertz CT molecular complexity index is 1020. The van der Waals surface area contributed by atoms with Crippen LogP contribution in [0.2, 0.25) is 0 Å². The van der Waals surface area contributed by atoms with Crippen molar-refractivity contribution in [3.63, 3.8) is 0 Å². The molecule has 7 nitrogen and oxygen atoms in total. The number of carbonyl (C=O) groups is 1. The highest BCUT2D eigenvalue weighted by atomic mass is 32.2. The lowest BCUT2D eigenvalue weighted by atomic mass is 9.97. The summed E-state index contributed by atoms with van der Waals surface area (Å²) in [7, 11) is -3.74. The van der Waals surface area contributed by atoms with Crippen molar-refractivity contribution in [1.82, 2.24) is 5.32 Å². The second-order valence-electron chi connectivity index (χ2n) is 7.53. The Kier molecular flexibility index (Phi) is 8.56. The highest BCUT2D eigenvalue weighted by Gasteiger charge is 2.14. The number of carbonyl (C=O) groups excluding carboxylic acids is 1. The fraction of sp³-hybridized carbons (Fsp3) is 0.375. The molecule has 0 aromatic heterocycles. The summed E-state index contributed by atoms with van der Waals surface area (Å²) >= 11 is 0. The number of allylic oxidation sites excluding steroid dienone is 1. The molecule has 3 rings (SSSR count). The Balaban J connectivity index is 1.46. The SMILES string of the molecule is CCOc1ccc(NS(=O)(=O)c2ccc(OCC(=O)NCCC3=CCCCC3)cc2)cc1. The van der Waals surface area contributed by atoms with Crippen molar-refractivity contribution in [3.8, 4) is 11.5 Å². The molecule has 2 N–H and O–H groups in total. The van der Waals surface area contributed by atoms with Crippen LogP contribution in [0.15, 0.2) is 65.1 Å². The summed E-state index contributed by atoms with van der Waals surface area (Å²) in [6.45, 7) is 2.91. The first-order valence-corrected chi connectivity index (χ1v) is 12.4. The highest BCUT2D eigenvalue weighted by Crippen LogP contribution is 2.22. The van der Waals surface area contributed by atoms with E-state index in [0.29, 0.717) is 30.3 Å². The van der Waals surface area contributed by atoms with Crippen LogP contribution in [0.4, 0.5) is 5.69 Å². The summed E-state index contributed by atoms with van der Waals surface area (Å²) in [6.07, 6.45) is 7.88. The highest BCUT2D eigenvalue weighted by molar-refractivity contribution is 7.92.